The number of phenols is 1. The summed E-state index contributed by atoms with van der Waals surface area (Å²) in [5.41, 5.74) is 3.28. The van der Waals surface area contributed by atoms with Gasteiger partial charge >= 0.3 is 5.97 Å². The molecule has 4 unspecified atom stereocenters. The molecule has 5 N–H and O–H groups in total. The number of aromatic amines is 1. The van der Waals surface area contributed by atoms with Crippen LogP contribution in [0.2, 0.25) is 0 Å². The zero-order chi connectivity index (χ0) is 29.9. The number of nitrogens with one attached hydrogen (secondary N) is 2. The Hall–Kier alpha value is -3.33. The second kappa shape index (κ2) is 10.4. The first-order valence-corrected chi connectivity index (χ1v) is 15.3. The minimum Gasteiger partial charge on any atom is -0.508 e. The summed E-state index contributed by atoms with van der Waals surface area (Å²) in [5.74, 6) is 0.227. The maximum absolute atomic E-state index is 12.6. The summed E-state index contributed by atoms with van der Waals surface area (Å²) in [6.45, 7) is 6.41. The number of fused-ring (bicyclic) bond motifs is 6. The van der Waals surface area contributed by atoms with Gasteiger partial charge < -0.3 is 30.5 Å². The van der Waals surface area contributed by atoms with Crippen molar-refractivity contribution >= 4 is 28.5 Å². The third-order valence-corrected chi connectivity index (χ3v) is 11.7. The lowest BCUT2D eigenvalue weighted by Gasteiger charge is -2.59. The lowest BCUT2D eigenvalue weighted by molar-refractivity contribution is -0.142. The number of benzene rings is 1. The van der Waals surface area contributed by atoms with Crippen molar-refractivity contribution in [3.63, 3.8) is 0 Å². The zero-order valence-electron chi connectivity index (χ0n) is 24.8. The Labute approximate surface area is 246 Å². The van der Waals surface area contributed by atoms with Crippen molar-refractivity contribution in [2.45, 2.75) is 90.2 Å². The number of amides is 1. The molecule has 1 heterocycles. The summed E-state index contributed by atoms with van der Waals surface area (Å²) in [7, 11) is 0. The van der Waals surface area contributed by atoms with Gasteiger partial charge in [-0.2, -0.15) is 0 Å². The number of H-pyrrole nitrogens is 1. The van der Waals surface area contributed by atoms with Crippen LogP contribution in [0.1, 0.15) is 77.7 Å². The van der Waals surface area contributed by atoms with Gasteiger partial charge in [0.15, 0.2) is 6.61 Å². The minimum atomic E-state index is -1.15. The number of carbonyl (C=O) groups excluding carboxylic acids is 1. The number of oxime groups is 1. The largest absolute Gasteiger partial charge is 0.508 e. The number of aliphatic carboxylic acids is 1. The van der Waals surface area contributed by atoms with Gasteiger partial charge in [0.1, 0.15) is 11.8 Å². The average molecular weight is 578 g/mol. The van der Waals surface area contributed by atoms with Crippen molar-refractivity contribution in [3.8, 4) is 5.75 Å². The monoisotopic (exact) mass is 577 g/mol. The Morgan fingerprint density at radius 2 is 1.90 bits per heavy atom. The van der Waals surface area contributed by atoms with E-state index in [4.69, 9.17) is 4.84 Å². The van der Waals surface area contributed by atoms with Gasteiger partial charge in [-0.05, 0) is 117 Å². The van der Waals surface area contributed by atoms with Gasteiger partial charge in [0, 0.05) is 23.5 Å². The second-order valence-corrected chi connectivity index (χ2v) is 13.8. The minimum absolute atomic E-state index is 0.0134. The van der Waals surface area contributed by atoms with E-state index >= 15 is 0 Å². The van der Waals surface area contributed by atoms with E-state index in [-0.39, 0.29) is 29.6 Å². The molecular formula is C33H43N3O6. The number of nitrogens with zero attached hydrogens (tertiary/aromatic N) is 1. The molecule has 2 aromatic rings. The van der Waals surface area contributed by atoms with E-state index in [1.165, 1.54) is 5.57 Å². The van der Waals surface area contributed by atoms with Crippen LogP contribution < -0.4 is 5.32 Å². The number of rotatable bonds is 7. The lowest BCUT2D eigenvalue weighted by atomic mass is 9.46. The molecule has 0 saturated heterocycles. The lowest BCUT2D eigenvalue weighted by Crippen LogP contribution is -2.53. The van der Waals surface area contributed by atoms with Gasteiger partial charge in [0.25, 0.3) is 5.91 Å². The summed E-state index contributed by atoms with van der Waals surface area (Å²) in [5, 5.41) is 38.2. The van der Waals surface area contributed by atoms with Crippen molar-refractivity contribution < 1.29 is 29.7 Å². The van der Waals surface area contributed by atoms with Gasteiger partial charge in [0.05, 0.1) is 11.3 Å². The third kappa shape index (κ3) is 4.79. The van der Waals surface area contributed by atoms with E-state index in [0.29, 0.717) is 28.7 Å². The number of hydrogen-bond acceptors (Lipinski definition) is 6. The van der Waals surface area contributed by atoms with E-state index in [0.717, 1.165) is 62.6 Å². The first kappa shape index (κ1) is 28.8. The quantitative estimate of drug-likeness (QED) is 0.291. The molecule has 42 heavy (non-hydrogen) atoms. The number of allylic oxidation sites excluding steroid dienone is 2. The van der Waals surface area contributed by atoms with Crippen LogP contribution >= 0.6 is 0 Å². The fourth-order valence-electron chi connectivity index (χ4n) is 9.05. The molecule has 3 saturated carbocycles. The number of phenolic OH excluding ortho intramolecular Hbond substituents is 1. The molecule has 6 rings (SSSR count). The summed E-state index contributed by atoms with van der Waals surface area (Å²) < 4.78 is 0. The highest BCUT2D eigenvalue weighted by Crippen LogP contribution is 2.67. The van der Waals surface area contributed by atoms with Crippen LogP contribution in [0.15, 0.2) is 41.2 Å². The number of aromatic hydroxyl groups is 1. The molecule has 7 atom stereocenters. The molecule has 9 nitrogen and oxygen atoms in total. The highest BCUT2D eigenvalue weighted by atomic mass is 16.6. The van der Waals surface area contributed by atoms with Crippen LogP contribution in [-0.4, -0.2) is 56.1 Å². The van der Waals surface area contributed by atoms with Crippen LogP contribution in [0.5, 0.6) is 5.75 Å². The Morgan fingerprint density at radius 3 is 2.69 bits per heavy atom. The molecule has 4 aliphatic rings. The van der Waals surface area contributed by atoms with Gasteiger partial charge in [-0.25, -0.2) is 4.79 Å². The molecule has 1 aromatic carbocycles. The summed E-state index contributed by atoms with van der Waals surface area (Å²) in [6.07, 6.45) is 12.1. The maximum atomic E-state index is 12.6. The highest BCUT2D eigenvalue weighted by molar-refractivity contribution is 5.96. The van der Waals surface area contributed by atoms with Crippen molar-refractivity contribution in [2.75, 3.05) is 6.61 Å². The predicted octanol–water partition coefficient (Wildman–Crippen LogP) is 5.07. The fraction of sp³-hybridized carbons (Fsp3) is 0.606. The zero-order valence-corrected chi connectivity index (χ0v) is 24.8. The number of carboxylic acids is 1. The molecule has 0 bridgehead atoms. The standard InChI is InChI=1S/C33H43N3O6/c1-31-11-8-21(15-20(31)4-6-23-25(31)9-12-32(2)26(23)10-13-33(32,3)41)36-42-18-29(38)35-28(30(39)40)14-19-17-34-27-7-5-22(37)16-24(19)27/h5,7,15-17,23,25-26,28,34,37,41H,4,6,8-14,18H2,1-3H3,(H,35,38)(H,39,40)/b36-21+/t23?,25?,26?,28?,31-,32-,33-/m0/s1. The van der Waals surface area contributed by atoms with Gasteiger partial charge in [-0.3, -0.25) is 4.79 Å². The fourth-order valence-corrected chi connectivity index (χ4v) is 9.05. The van der Waals surface area contributed by atoms with E-state index in [9.17, 15) is 24.9 Å². The Balaban J connectivity index is 1.07. The van der Waals surface area contributed by atoms with Crippen LogP contribution in [0.4, 0.5) is 0 Å². The highest BCUT2D eigenvalue weighted by Gasteiger charge is 2.62. The van der Waals surface area contributed by atoms with E-state index in [1.54, 1.807) is 24.4 Å². The third-order valence-electron chi connectivity index (χ3n) is 11.7. The number of carbonyl (C=O) groups is 2. The number of aromatic nitrogens is 1. The number of aliphatic hydroxyl groups is 1. The van der Waals surface area contributed by atoms with Gasteiger partial charge in [-0.1, -0.05) is 24.6 Å². The summed E-state index contributed by atoms with van der Waals surface area (Å²) >= 11 is 0. The molecule has 0 radical (unpaired) electrons. The van der Waals surface area contributed by atoms with Crippen molar-refractivity contribution in [3.05, 3.63) is 41.6 Å². The van der Waals surface area contributed by atoms with Crippen LogP contribution in [0, 0.1) is 28.6 Å². The van der Waals surface area contributed by atoms with Crippen LogP contribution in [0.3, 0.4) is 0 Å². The molecule has 1 aromatic heterocycles. The van der Waals surface area contributed by atoms with Gasteiger partial charge in [0.2, 0.25) is 0 Å². The molecule has 0 spiro atoms. The van der Waals surface area contributed by atoms with Crippen LogP contribution in [-0.2, 0) is 20.8 Å². The first-order valence-electron chi connectivity index (χ1n) is 15.3. The first-order chi connectivity index (χ1) is 19.9. The van der Waals surface area contributed by atoms with Gasteiger partial charge in [-0.15, -0.1) is 0 Å². The summed E-state index contributed by atoms with van der Waals surface area (Å²) in [6, 6.07) is 3.69. The normalized spacial score (nSPS) is 35.6. The average Bonchev–Trinajstić information content (AvgIpc) is 3.44. The van der Waals surface area contributed by atoms with Crippen molar-refractivity contribution in [1.82, 2.24) is 10.3 Å². The SMILES string of the molecule is C[C@]12CC/C(=N\OCC(=O)NC(Cc3c[nH]c4ccc(O)cc34)C(=O)O)C=C1CCC1C2CC[C@@]2(C)C1CC[C@]2(C)O. The Morgan fingerprint density at radius 1 is 1.12 bits per heavy atom. The molecular weight excluding hydrogens is 534 g/mol. The van der Waals surface area contributed by atoms with Crippen molar-refractivity contribution in [2.24, 2.45) is 33.7 Å². The maximum Gasteiger partial charge on any atom is 0.326 e. The summed E-state index contributed by atoms with van der Waals surface area (Å²) in [4.78, 5) is 33.0. The van der Waals surface area contributed by atoms with E-state index in [1.807, 2.05) is 6.92 Å². The number of carboxylic acid groups (broad SMARTS) is 1. The molecule has 4 aliphatic carbocycles. The molecule has 9 heteroatoms. The predicted molar refractivity (Wildman–Crippen MR) is 159 cm³/mol. The molecule has 3 fully saturated rings. The molecule has 1 amide bonds. The number of hydrogen-bond donors (Lipinski definition) is 5. The molecule has 226 valence electrons. The second-order valence-electron chi connectivity index (χ2n) is 13.8. The Bertz CT molecular complexity index is 1460. The smallest absolute Gasteiger partial charge is 0.326 e. The van der Waals surface area contributed by atoms with Crippen LogP contribution in [0.25, 0.3) is 10.9 Å². The molecule has 0 aliphatic heterocycles. The topological polar surface area (TPSA) is 144 Å². The Kier molecular flexibility index (Phi) is 7.15. The van der Waals surface area contributed by atoms with Crippen molar-refractivity contribution in [1.29, 1.82) is 0 Å². The van der Waals surface area contributed by atoms with E-state index in [2.05, 4.69) is 35.4 Å². The van der Waals surface area contributed by atoms with E-state index < -0.39 is 23.5 Å².